The molecule has 0 saturated heterocycles. The van der Waals surface area contributed by atoms with Gasteiger partial charge in [-0.25, -0.2) is 4.98 Å². The largest absolute Gasteiger partial charge is 0.370 e. The molecule has 0 radical (unpaired) electrons. The Labute approximate surface area is 237 Å². The van der Waals surface area contributed by atoms with Crippen LogP contribution in [0.1, 0.15) is 37.9 Å². The number of aliphatic imine (C=N–C) groups is 1. The smallest absolute Gasteiger partial charge is 0.243 e. The van der Waals surface area contributed by atoms with Crippen molar-refractivity contribution in [3.8, 4) is 0 Å². The Morgan fingerprint density at radius 2 is 1.49 bits per heavy atom. The molecule has 0 bridgehead atoms. The van der Waals surface area contributed by atoms with E-state index in [0.717, 1.165) is 5.56 Å². The highest BCUT2D eigenvalue weighted by molar-refractivity contribution is 5.95. The highest BCUT2D eigenvalue weighted by Gasteiger charge is 2.30. The number of nitrogens with zero attached hydrogens (tertiary/aromatic N) is 2. The molecule has 0 saturated carbocycles. The van der Waals surface area contributed by atoms with E-state index in [1.165, 1.54) is 26.4 Å². The number of hydrogen-bond acceptors (Lipinski definition) is 7. The first-order valence-corrected chi connectivity index (χ1v) is 13.0. The van der Waals surface area contributed by atoms with Crippen LogP contribution in [0.15, 0.2) is 47.8 Å². The maximum absolute atomic E-state index is 13.6. The third-order valence-electron chi connectivity index (χ3n) is 5.95. The van der Waals surface area contributed by atoms with Crippen LogP contribution in [0.25, 0.3) is 0 Å². The van der Waals surface area contributed by atoms with Crippen molar-refractivity contribution in [1.82, 2.24) is 31.2 Å². The van der Waals surface area contributed by atoms with Crippen LogP contribution in [-0.2, 0) is 36.8 Å². The molecule has 1 aromatic heterocycles. The number of rotatable bonds is 16. The number of carbonyl (C=O) groups is 5. The molecule has 1 aromatic carbocycles. The third kappa shape index (κ3) is 11.8. The van der Waals surface area contributed by atoms with E-state index in [1.54, 1.807) is 24.3 Å². The summed E-state index contributed by atoms with van der Waals surface area (Å²) in [5.41, 5.74) is 17.3. The van der Waals surface area contributed by atoms with Gasteiger partial charge >= 0.3 is 0 Å². The summed E-state index contributed by atoms with van der Waals surface area (Å²) < 4.78 is 0. The van der Waals surface area contributed by atoms with Crippen LogP contribution in [0.5, 0.6) is 0 Å². The Balaban J connectivity index is 2.27. The van der Waals surface area contributed by atoms with E-state index >= 15 is 0 Å². The molecule has 11 N–H and O–H groups in total. The summed E-state index contributed by atoms with van der Waals surface area (Å²) >= 11 is 0. The SMILES string of the molecule is CC(=O)N[C@@H](Cc1cnc[nH]1)C(=O)N[C@H](Cc1ccccc1)C(=O)N[C@@H](CCCN=C(N)N)C(=O)N[C@@H](C)C(N)=O. The van der Waals surface area contributed by atoms with E-state index < -0.39 is 53.7 Å². The lowest BCUT2D eigenvalue weighted by Gasteiger charge is -2.26. The molecule has 4 atom stereocenters. The minimum atomic E-state index is -1.12. The standard InChI is InChI=1S/C26H38N10O5/c1-15(22(27)38)33-23(39)19(9-6-10-31-26(28)29)35-24(40)20(11-17-7-4-3-5-8-17)36-25(41)21(34-16(2)37)12-18-13-30-14-32-18/h3-5,7-8,13-15,19-21H,6,9-12H2,1-2H3,(H2,27,38)(H,30,32)(H,33,39)(H,34,37)(H,35,40)(H,36,41)(H4,28,29,31)/t15-,19-,20+,21-/m0/s1. The molecule has 1 heterocycles. The molecular weight excluding hydrogens is 532 g/mol. The summed E-state index contributed by atoms with van der Waals surface area (Å²) in [7, 11) is 0. The predicted octanol–water partition coefficient (Wildman–Crippen LogP) is -2.29. The van der Waals surface area contributed by atoms with Gasteiger partial charge in [0.25, 0.3) is 0 Å². The fourth-order valence-electron chi connectivity index (χ4n) is 3.83. The summed E-state index contributed by atoms with van der Waals surface area (Å²) in [6.07, 6.45) is 3.61. The van der Waals surface area contributed by atoms with Crippen LogP contribution in [0, 0.1) is 0 Å². The lowest BCUT2D eigenvalue weighted by molar-refractivity contribution is -0.134. The number of nitrogens with two attached hydrogens (primary N) is 3. The van der Waals surface area contributed by atoms with Gasteiger partial charge in [-0.1, -0.05) is 30.3 Å². The minimum absolute atomic E-state index is 0.0926. The number of guanidine groups is 1. The normalized spacial score (nSPS) is 13.5. The van der Waals surface area contributed by atoms with Gasteiger partial charge in [-0.15, -0.1) is 0 Å². The van der Waals surface area contributed by atoms with Crippen molar-refractivity contribution in [2.75, 3.05) is 6.54 Å². The molecule has 2 aromatic rings. The van der Waals surface area contributed by atoms with Crippen LogP contribution in [0.3, 0.4) is 0 Å². The molecule has 15 heteroatoms. The zero-order valence-corrected chi connectivity index (χ0v) is 23.1. The van der Waals surface area contributed by atoms with Crippen molar-refractivity contribution >= 4 is 35.5 Å². The number of benzene rings is 1. The van der Waals surface area contributed by atoms with E-state index in [2.05, 4.69) is 36.2 Å². The molecule has 222 valence electrons. The molecule has 0 unspecified atom stereocenters. The van der Waals surface area contributed by atoms with Crippen LogP contribution in [0.4, 0.5) is 0 Å². The number of carbonyl (C=O) groups excluding carboxylic acids is 5. The topological polar surface area (TPSA) is 253 Å². The van der Waals surface area contributed by atoms with Gasteiger partial charge in [0, 0.05) is 38.2 Å². The third-order valence-corrected chi connectivity index (χ3v) is 5.95. The Kier molecular flexibility index (Phi) is 12.8. The van der Waals surface area contributed by atoms with Gasteiger partial charge < -0.3 is 43.5 Å². The van der Waals surface area contributed by atoms with Crippen molar-refractivity contribution in [3.63, 3.8) is 0 Å². The Hall–Kier alpha value is -4.95. The molecule has 15 nitrogen and oxygen atoms in total. The average molecular weight is 571 g/mol. The summed E-state index contributed by atoms with van der Waals surface area (Å²) in [5, 5.41) is 10.4. The molecule has 0 aliphatic carbocycles. The summed E-state index contributed by atoms with van der Waals surface area (Å²) in [6.45, 7) is 2.89. The number of H-pyrrole nitrogens is 1. The quantitative estimate of drug-likeness (QED) is 0.0618. The van der Waals surface area contributed by atoms with E-state index in [9.17, 15) is 24.0 Å². The van der Waals surface area contributed by atoms with Gasteiger partial charge in [0.1, 0.15) is 24.2 Å². The van der Waals surface area contributed by atoms with Crippen LogP contribution in [0.2, 0.25) is 0 Å². The summed E-state index contributed by atoms with van der Waals surface area (Å²) in [4.78, 5) is 73.8. The molecular formula is C26H38N10O5. The highest BCUT2D eigenvalue weighted by atomic mass is 16.2. The predicted molar refractivity (Wildman–Crippen MR) is 151 cm³/mol. The van der Waals surface area contributed by atoms with Crippen LogP contribution in [-0.4, -0.2) is 76.2 Å². The Bertz CT molecular complexity index is 1200. The van der Waals surface area contributed by atoms with Gasteiger partial charge in [0.2, 0.25) is 29.5 Å². The Morgan fingerprint density at radius 3 is 2.05 bits per heavy atom. The zero-order valence-electron chi connectivity index (χ0n) is 23.1. The maximum Gasteiger partial charge on any atom is 0.243 e. The Morgan fingerprint density at radius 1 is 0.878 bits per heavy atom. The minimum Gasteiger partial charge on any atom is -0.370 e. The number of primary amides is 1. The fraction of sp³-hybridized carbons (Fsp3) is 0.423. The average Bonchev–Trinajstić information content (AvgIpc) is 3.42. The fourth-order valence-corrected chi connectivity index (χ4v) is 3.83. The first kappa shape index (κ1) is 32.3. The number of amides is 5. The highest BCUT2D eigenvalue weighted by Crippen LogP contribution is 2.08. The summed E-state index contributed by atoms with van der Waals surface area (Å²) in [5.74, 6) is -3.21. The van der Waals surface area contributed by atoms with Gasteiger partial charge in [-0.2, -0.15) is 0 Å². The number of hydrogen-bond donors (Lipinski definition) is 8. The first-order chi connectivity index (χ1) is 19.5. The van der Waals surface area contributed by atoms with E-state index in [4.69, 9.17) is 17.2 Å². The number of aromatic amines is 1. The van der Waals surface area contributed by atoms with Crippen molar-refractivity contribution < 1.29 is 24.0 Å². The van der Waals surface area contributed by atoms with E-state index in [-0.39, 0.29) is 31.8 Å². The van der Waals surface area contributed by atoms with Gasteiger partial charge in [-0.05, 0) is 25.3 Å². The lowest BCUT2D eigenvalue weighted by Crippen LogP contribution is -2.58. The van der Waals surface area contributed by atoms with Crippen molar-refractivity contribution in [3.05, 3.63) is 54.1 Å². The second-order valence-electron chi connectivity index (χ2n) is 9.43. The second-order valence-corrected chi connectivity index (χ2v) is 9.43. The number of imidazole rings is 1. The van der Waals surface area contributed by atoms with E-state index in [1.807, 2.05) is 6.07 Å². The maximum atomic E-state index is 13.6. The first-order valence-electron chi connectivity index (χ1n) is 13.0. The molecule has 2 rings (SSSR count). The molecule has 0 spiro atoms. The van der Waals surface area contributed by atoms with Gasteiger partial charge in [-0.3, -0.25) is 29.0 Å². The van der Waals surface area contributed by atoms with Gasteiger partial charge in [0.05, 0.1) is 6.33 Å². The van der Waals surface area contributed by atoms with Crippen molar-refractivity contribution in [2.45, 2.75) is 63.7 Å². The van der Waals surface area contributed by atoms with Crippen molar-refractivity contribution in [1.29, 1.82) is 0 Å². The molecule has 0 aliphatic rings. The van der Waals surface area contributed by atoms with Gasteiger partial charge in [0.15, 0.2) is 5.96 Å². The number of nitrogens with one attached hydrogen (secondary N) is 5. The van der Waals surface area contributed by atoms with Crippen molar-refractivity contribution in [2.24, 2.45) is 22.2 Å². The molecule has 0 aliphatic heterocycles. The lowest BCUT2D eigenvalue weighted by atomic mass is 10.0. The van der Waals surface area contributed by atoms with Crippen LogP contribution >= 0.6 is 0 Å². The second kappa shape index (κ2) is 16.2. The number of aromatic nitrogens is 2. The summed E-state index contributed by atoms with van der Waals surface area (Å²) in [6, 6.07) is 4.76. The zero-order chi connectivity index (χ0) is 30.4. The molecule has 41 heavy (non-hydrogen) atoms. The van der Waals surface area contributed by atoms with E-state index in [0.29, 0.717) is 12.1 Å². The molecule has 5 amide bonds. The molecule has 0 fully saturated rings. The van der Waals surface area contributed by atoms with Crippen LogP contribution < -0.4 is 38.5 Å². The monoisotopic (exact) mass is 570 g/mol.